The van der Waals surface area contributed by atoms with Crippen LogP contribution in [0.3, 0.4) is 0 Å². The van der Waals surface area contributed by atoms with Crippen LogP contribution in [0.1, 0.15) is 34.6 Å². The van der Waals surface area contributed by atoms with Gasteiger partial charge in [0.05, 0.1) is 0 Å². The highest BCUT2D eigenvalue weighted by molar-refractivity contribution is 5.97. The normalized spacial score (nSPS) is 14.1. The van der Waals surface area contributed by atoms with Crippen LogP contribution in [0.25, 0.3) is 0 Å². The molecule has 1 heteroatoms. The van der Waals surface area contributed by atoms with Gasteiger partial charge in [-0.1, -0.05) is 39.8 Å². The zero-order valence-electron chi connectivity index (χ0n) is 9.46. The zero-order chi connectivity index (χ0) is 10.4. The lowest BCUT2D eigenvalue weighted by Gasteiger charge is -2.09. The molecule has 0 bridgehead atoms. The van der Waals surface area contributed by atoms with Crippen LogP contribution in [0, 0.1) is 11.8 Å². The molecule has 0 fully saturated rings. The summed E-state index contributed by atoms with van der Waals surface area (Å²) in [5.74, 6) is 1.06. The minimum absolute atomic E-state index is 0.465. The predicted octanol–water partition coefficient (Wildman–Crippen LogP) is 3.83. The maximum Gasteiger partial charge on any atom is 0.0428 e. The molecule has 0 N–H and O–H groups in total. The maximum atomic E-state index is 4.25. The Hall–Kier alpha value is -0.850. The summed E-state index contributed by atoms with van der Waals surface area (Å²) in [6.07, 6.45) is 3.77. The van der Waals surface area contributed by atoms with Crippen molar-refractivity contribution in [1.82, 2.24) is 0 Å². The third-order valence-electron chi connectivity index (χ3n) is 2.12. The first kappa shape index (κ1) is 12.2. The number of rotatable bonds is 4. The standard InChI is InChI=1S/C12H21N/c1-7-13-12(10(4)5)8-11(6)9(2)3/h7-10H,1H2,2-6H3/b11-8+,13-12+. The van der Waals surface area contributed by atoms with Crippen molar-refractivity contribution in [3.05, 3.63) is 24.4 Å². The number of nitrogens with zero attached hydrogens (tertiary/aromatic N) is 1. The topological polar surface area (TPSA) is 12.4 Å². The fourth-order valence-electron chi connectivity index (χ4n) is 0.858. The van der Waals surface area contributed by atoms with E-state index in [1.165, 1.54) is 5.57 Å². The molecule has 0 aliphatic heterocycles. The van der Waals surface area contributed by atoms with Gasteiger partial charge in [0.15, 0.2) is 0 Å². The lowest BCUT2D eigenvalue weighted by molar-refractivity contribution is 0.768. The van der Waals surface area contributed by atoms with Gasteiger partial charge in [0.2, 0.25) is 0 Å². The van der Waals surface area contributed by atoms with Crippen LogP contribution in [0.15, 0.2) is 29.4 Å². The quantitative estimate of drug-likeness (QED) is 0.582. The molecule has 0 aliphatic carbocycles. The van der Waals surface area contributed by atoms with Crippen LogP contribution >= 0.6 is 0 Å². The minimum Gasteiger partial charge on any atom is -0.262 e. The highest BCUT2D eigenvalue weighted by Gasteiger charge is 2.03. The van der Waals surface area contributed by atoms with Crippen molar-refractivity contribution in [3.63, 3.8) is 0 Å². The molecule has 0 amide bonds. The lowest BCUT2D eigenvalue weighted by Crippen LogP contribution is -2.05. The Morgan fingerprint density at radius 2 is 1.69 bits per heavy atom. The van der Waals surface area contributed by atoms with E-state index in [4.69, 9.17) is 0 Å². The van der Waals surface area contributed by atoms with Crippen molar-refractivity contribution < 1.29 is 0 Å². The van der Waals surface area contributed by atoms with Crippen LogP contribution in [0.2, 0.25) is 0 Å². The predicted molar refractivity (Wildman–Crippen MR) is 61.1 cm³/mol. The Morgan fingerprint density at radius 3 is 2.00 bits per heavy atom. The molecule has 0 saturated heterocycles. The Morgan fingerprint density at radius 1 is 1.15 bits per heavy atom. The SMILES string of the molecule is C=C/N=C(\C=C(/C)C(C)C)C(C)C. The van der Waals surface area contributed by atoms with Gasteiger partial charge in [0.25, 0.3) is 0 Å². The number of hydrogen-bond donors (Lipinski definition) is 0. The van der Waals surface area contributed by atoms with Crippen LogP contribution < -0.4 is 0 Å². The van der Waals surface area contributed by atoms with E-state index in [0.29, 0.717) is 11.8 Å². The summed E-state index contributed by atoms with van der Waals surface area (Å²) in [7, 11) is 0. The van der Waals surface area contributed by atoms with E-state index in [2.05, 4.69) is 52.3 Å². The van der Waals surface area contributed by atoms with Crippen molar-refractivity contribution in [3.8, 4) is 0 Å². The van der Waals surface area contributed by atoms with Crippen molar-refractivity contribution in [2.75, 3.05) is 0 Å². The van der Waals surface area contributed by atoms with Crippen LogP contribution in [-0.2, 0) is 0 Å². The van der Waals surface area contributed by atoms with E-state index in [1.54, 1.807) is 6.20 Å². The molecule has 0 radical (unpaired) electrons. The van der Waals surface area contributed by atoms with Gasteiger partial charge in [-0.3, -0.25) is 4.99 Å². The third kappa shape index (κ3) is 4.66. The summed E-state index contributed by atoms with van der Waals surface area (Å²) in [6, 6.07) is 0. The van der Waals surface area contributed by atoms with Gasteiger partial charge < -0.3 is 0 Å². The number of allylic oxidation sites excluding steroid dienone is 2. The molecule has 0 saturated carbocycles. The molecular formula is C12H21N. The van der Waals surface area contributed by atoms with E-state index in [9.17, 15) is 0 Å². The molecule has 0 aromatic rings. The van der Waals surface area contributed by atoms with E-state index >= 15 is 0 Å². The fraction of sp³-hybridized carbons (Fsp3) is 0.583. The minimum atomic E-state index is 0.465. The van der Waals surface area contributed by atoms with Gasteiger partial charge in [0.1, 0.15) is 0 Å². The summed E-state index contributed by atoms with van der Waals surface area (Å²) >= 11 is 0. The van der Waals surface area contributed by atoms with Gasteiger partial charge in [-0.25, -0.2) is 0 Å². The van der Waals surface area contributed by atoms with Crippen molar-refractivity contribution in [1.29, 1.82) is 0 Å². The average Bonchev–Trinajstić information content (AvgIpc) is 2.03. The van der Waals surface area contributed by atoms with Crippen molar-refractivity contribution in [2.45, 2.75) is 34.6 Å². The first-order valence-electron chi connectivity index (χ1n) is 4.85. The van der Waals surface area contributed by atoms with Crippen LogP contribution in [-0.4, -0.2) is 5.71 Å². The molecule has 0 unspecified atom stereocenters. The molecule has 74 valence electrons. The molecule has 0 spiro atoms. The first-order chi connectivity index (χ1) is 5.99. The second kappa shape index (κ2) is 5.74. The molecule has 0 heterocycles. The number of aliphatic imine (C=N–C) groups is 1. The van der Waals surface area contributed by atoms with Crippen molar-refractivity contribution in [2.24, 2.45) is 16.8 Å². The monoisotopic (exact) mass is 179 g/mol. The van der Waals surface area contributed by atoms with Crippen molar-refractivity contribution >= 4 is 5.71 Å². The van der Waals surface area contributed by atoms with E-state index in [-0.39, 0.29) is 0 Å². The fourth-order valence-corrected chi connectivity index (χ4v) is 0.858. The molecular weight excluding hydrogens is 158 g/mol. The Kier molecular flexibility index (Phi) is 5.36. The highest BCUT2D eigenvalue weighted by atomic mass is 14.7. The Balaban J connectivity index is 4.70. The molecule has 0 aromatic heterocycles. The zero-order valence-corrected chi connectivity index (χ0v) is 9.46. The summed E-state index contributed by atoms with van der Waals surface area (Å²) in [5.41, 5.74) is 2.48. The van der Waals surface area contributed by atoms with E-state index in [1.807, 2.05) is 0 Å². The smallest absolute Gasteiger partial charge is 0.0428 e. The number of hydrogen-bond acceptors (Lipinski definition) is 1. The lowest BCUT2D eigenvalue weighted by atomic mass is 9.99. The third-order valence-corrected chi connectivity index (χ3v) is 2.12. The van der Waals surface area contributed by atoms with E-state index in [0.717, 1.165) is 5.71 Å². The summed E-state index contributed by atoms with van der Waals surface area (Å²) in [6.45, 7) is 14.4. The summed E-state index contributed by atoms with van der Waals surface area (Å²) < 4.78 is 0. The highest BCUT2D eigenvalue weighted by Crippen LogP contribution is 2.10. The molecule has 0 aromatic carbocycles. The second-order valence-corrected chi connectivity index (χ2v) is 3.93. The molecule has 0 aliphatic rings. The van der Waals surface area contributed by atoms with Crippen LogP contribution in [0.4, 0.5) is 0 Å². The van der Waals surface area contributed by atoms with Gasteiger partial charge >= 0.3 is 0 Å². The molecule has 1 nitrogen and oxygen atoms in total. The van der Waals surface area contributed by atoms with E-state index < -0.39 is 0 Å². The second-order valence-electron chi connectivity index (χ2n) is 3.93. The maximum absolute atomic E-state index is 4.25. The molecule has 13 heavy (non-hydrogen) atoms. The van der Waals surface area contributed by atoms with Gasteiger partial charge in [0, 0.05) is 11.9 Å². The largest absolute Gasteiger partial charge is 0.262 e. The molecule has 0 rings (SSSR count). The van der Waals surface area contributed by atoms with Gasteiger partial charge in [-0.2, -0.15) is 0 Å². The summed E-state index contributed by atoms with van der Waals surface area (Å²) in [5, 5.41) is 0. The Labute approximate surface area is 82.3 Å². The first-order valence-corrected chi connectivity index (χ1v) is 4.85. The molecule has 0 atom stereocenters. The average molecular weight is 179 g/mol. The summed E-state index contributed by atoms with van der Waals surface area (Å²) in [4.78, 5) is 4.25. The van der Waals surface area contributed by atoms with Gasteiger partial charge in [-0.05, 0) is 24.8 Å². The van der Waals surface area contributed by atoms with Gasteiger partial charge in [-0.15, -0.1) is 0 Å². The van der Waals surface area contributed by atoms with Crippen LogP contribution in [0.5, 0.6) is 0 Å². The Bertz CT molecular complexity index is 219.